The highest BCUT2D eigenvalue weighted by Gasteiger charge is 2.33. The van der Waals surface area contributed by atoms with Crippen LogP contribution in [0, 0.1) is 5.92 Å². The van der Waals surface area contributed by atoms with E-state index in [0.29, 0.717) is 24.2 Å². The Labute approximate surface area is 106 Å². The van der Waals surface area contributed by atoms with Crippen molar-refractivity contribution in [2.45, 2.75) is 25.3 Å². The second-order valence-electron chi connectivity index (χ2n) is 5.15. The minimum Gasteiger partial charge on any atom is -0.384 e. The number of piperidine rings is 2. The van der Waals surface area contributed by atoms with Gasteiger partial charge in [0.2, 0.25) is 5.91 Å². The van der Waals surface area contributed by atoms with Gasteiger partial charge in [0.25, 0.3) is 0 Å². The molecule has 5 heteroatoms. The summed E-state index contributed by atoms with van der Waals surface area (Å²) in [6.45, 7) is 1.96. The summed E-state index contributed by atoms with van der Waals surface area (Å²) in [7, 11) is 0. The van der Waals surface area contributed by atoms with Crippen molar-refractivity contribution in [1.29, 1.82) is 0 Å². The fraction of sp³-hybridized carbons (Fsp3) is 0.538. The second-order valence-corrected chi connectivity index (χ2v) is 5.15. The zero-order valence-electron chi connectivity index (χ0n) is 10.3. The molecule has 3 N–H and O–H groups in total. The Bertz CT molecular complexity index is 445. The molecular formula is C13H18N4O. The SMILES string of the molecule is Nc1ccc(N2CCC3NC(=O)CCC3C2)cn1. The Balaban J connectivity index is 1.70. The van der Waals surface area contributed by atoms with E-state index >= 15 is 0 Å². The zero-order valence-corrected chi connectivity index (χ0v) is 10.3. The topological polar surface area (TPSA) is 71.2 Å². The number of aromatic nitrogens is 1. The van der Waals surface area contributed by atoms with Crippen molar-refractivity contribution in [1.82, 2.24) is 10.3 Å². The van der Waals surface area contributed by atoms with Gasteiger partial charge < -0.3 is 16.0 Å². The van der Waals surface area contributed by atoms with Crippen LogP contribution in [0.4, 0.5) is 11.5 Å². The summed E-state index contributed by atoms with van der Waals surface area (Å²) < 4.78 is 0. The Morgan fingerprint density at radius 1 is 1.39 bits per heavy atom. The zero-order chi connectivity index (χ0) is 12.5. The van der Waals surface area contributed by atoms with Crippen LogP contribution in [-0.2, 0) is 4.79 Å². The molecule has 1 amide bonds. The lowest BCUT2D eigenvalue weighted by molar-refractivity contribution is -0.124. The first-order valence-electron chi connectivity index (χ1n) is 6.48. The molecule has 2 unspecified atom stereocenters. The van der Waals surface area contributed by atoms with E-state index in [2.05, 4.69) is 15.2 Å². The number of nitrogens with zero attached hydrogens (tertiary/aromatic N) is 2. The normalized spacial score (nSPS) is 27.6. The van der Waals surface area contributed by atoms with E-state index in [-0.39, 0.29) is 5.91 Å². The van der Waals surface area contributed by atoms with Gasteiger partial charge in [0.05, 0.1) is 11.9 Å². The maximum absolute atomic E-state index is 11.4. The molecule has 5 nitrogen and oxygen atoms in total. The standard InChI is InChI=1S/C13H18N4O/c14-12-3-2-10(7-15-12)17-6-5-11-9(8-17)1-4-13(18)16-11/h2-3,7,9,11H,1,4-6,8H2,(H2,14,15)(H,16,18). The van der Waals surface area contributed by atoms with Gasteiger partial charge in [0.15, 0.2) is 0 Å². The molecule has 0 spiro atoms. The number of nitrogens with one attached hydrogen (secondary N) is 1. The molecule has 2 aliphatic heterocycles. The van der Waals surface area contributed by atoms with E-state index in [0.717, 1.165) is 31.6 Å². The molecule has 2 saturated heterocycles. The molecule has 2 aliphatic rings. The lowest BCUT2D eigenvalue weighted by atomic mass is 9.85. The number of nitrogens with two attached hydrogens (primary N) is 1. The lowest BCUT2D eigenvalue weighted by Crippen LogP contribution is -2.54. The van der Waals surface area contributed by atoms with Crippen molar-refractivity contribution in [2.75, 3.05) is 23.7 Å². The average Bonchev–Trinajstić information content (AvgIpc) is 2.39. The van der Waals surface area contributed by atoms with Crippen LogP contribution < -0.4 is 16.0 Å². The van der Waals surface area contributed by atoms with Crippen molar-refractivity contribution in [3.63, 3.8) is 0 Å². The maximum atomic E-state index is 11.4. The Morgan fingerprint density at radius 3 is 3.06 bits per heavy atom. The van der Waals surface area contributed by atoms with Crippen molar-refractivity contribution in [2.24, 2.45) is 5.92 Å². The van der Waals surface area contributed by atoms with Crippen molar-refractivity contribution in [3.8, 4) is 0 Å². The van der Waals surface area contributed by atoms with Gasteiger partial charge in [-0.2, -0.15) is 0 Å². The number of pyridine rings is 1. The second kappa shape index (κ2) is 4.48. The molecular weight excluding hydrogens is 228 g/mol. The Hall–Kier alpha value is -1.78. The number of carbonyl (C=O) groups is 1. The largest absolute Gasteiger partial charge is 0.384 e. The highest BCUT2D eigenvalue weighted by molar-refractivity contribution is 5.77. The van der Waals surface area contributed by atoms with E-state index in [1.165, 1.54) is 0 Å². The van der Waals surface area contributed by atoms with Crippen LogP contribution in [0.3, 0.4) is 0 Å². The number of fused-ring (bicyclic) bond motifs is 1. The van der Waals surface area contributed by atoms with Crippen LogP contribution in [-0.4, -0.2) is 30.0 Å². The van der Waals surface area contributed by atoms with E-state index in [4.69, 9.17) is 5.73 Å². The summed E-state index contributed by atoms with van der Waals surface area (Å²) in [4.78, 5) is 17.8. The molecule has 3 rings (SSSR count). The van der Waals surface area contributed by atoms with Gasteiger partial charge in [-0.25, -0.2) is 4.98 Å². The van der Waals surface area contributed by atoms with E-state index < -0.39 is 0 Å². The Kier molecular flexibility index (Phi) is 2.81. The van der Waals surface area contributed by atoms with Crippen LogP contribution in [0.25, 0.3) is 0 Å². The van der Waals surface area contributed by atoms with Gasteiger partial charge in [-0.1, -0.05) is 0 Å². The first-order valence-corrected chi connectivity index (χ1v) is 6.48. The fourth-order valence-electron chi connectivity index (χ4n) is 2.93. The smallest absolute Gasteiger partial charge is 0.220 e. The molecule has 96 valence electrons. The van der Waals surface area contributed by atoms with Crippen molar-refractivity contribution in [3.05, 3.63) is 18.3 Å². The number of anilines is 2. The molecule has 0 radical (unpaired) electrons. The van der Waals surface area contributed by atoms with Crippen molar-refractivity contribution < 1.29 is 4.79 Å². The third-order valence-corrected chi connectivity index (χ3v) is 3.96. The quantitative estimate of drug-likeness (QED) is 0.767. The van der Waals surface area contributed by atoms with Gasteiger partial charge in [-0.15, -0.1) is 0 Å². The van der Waals surface area contributed by atoms with Gasteiger partial charge in [0.1, 0.15) is 5.82 Å². The van der Waals surface area contributed by atoms with Gasteiger partial charge >= 0.3 is 0 Å². The molecule has 0 aromatic carbocycles. The summed E-state index contributed by atoms with van der Waals surface area (Å²) in [5.41, 5.74) is 6.73. The number of amides is 1. The molecule has 1 aromatic heterocycles. The number of rotatable bonds is 1. The van der Waals surface area contributed by atoms with Crippen LogP contribution >= 0.6 is 0 Å². The van der Waals surface area contributed by atoms with Crippen LogP contribution in [0.15, 0.2) is 18.3 Å². The number of nitrogen functional groups attached to an aromatic ring is 1. The third kappa shape index (κ3) is 2.12. The summed E-state index contributed by atoms with van der Waals surface area (Å²) in [6.07, 6.45) is 4.50. The summed E-state index contributed by atoms with van der Waals surface area (Å²) >= 11 is 0. The van der Waals surface area contributed by atoms with Crippen LogP contribution in [0.5, 0.6) is 0 Å². The molecule has 0 aliphatic carbocycles. The highest BCUT2D eigenvalue weighted by atomic mass is 16.1. The van der Waals surface area contributed by atoms with Crippen LogP contribution in [0.2, 0.25) is 0 Å². The monoisotopic (exact) mass is 246 g/mol. The molecule has 3 heterocycles. The summed E-state index contributed by atoms with van der Waals surface area (Å²) in [5, 5.41) is 3.10. The van der Waals surface area contributed by atoms with E-state index in [9.17, 15) is 4.79 Å². The minimum atomic E-state index is 0.207. The summed E-state index contributed by atoms with van der Waals surface area (Å²) in [6, 6.07) is 4.22. The van der Waals surface area contributed by atoms with Crippen LogP contribution in [0.1, 0.15) is 19.3 Å². The average molecular weight is 246 g/mol. The number of hydrogen-bond donors (Lipinski definition) is 2. The predicted octanol–water partition coefficient (Wildman–Crippen LogP) is 0.769. The summed E-state index contributed by atoms with van der Waals surface area (Å²) in [5.74, 6) is 1.33. The molecule has 2 fully saturated rings. The number of carbonyl (C=O) groups excluding carboxylic acids is 1. The molecule has 1 aromatic rings. The lowest BCUT2D eigenvalue weighted by Gasteiger charge is -2.42. The highest BCUT2D eigenvalue weighted by Crippen LogP contribution is 2.28. The molecule has 0 bridgehead atoms. The third-order valence-electron chi connectivity index (χ3n) is 3.96. The predicted molar refractivity (Wildman–Crippen MR) is 70.1 cm³/mol. The Morgan fingerprint density at radius 2 is 2.28 bits per heavy atom. The van der Waals surface area contributed by atoms with Gasteiger partial charge in [-0.05, 0) is 30.9 Å². The number of hydrogen-bond acceptors (Lipinski definition) is 4. The minimum absolute atomic E-state index is 0.207. The first kappa shape index (κ1) is 11.3. The molecule has 2 atom stereocenters. The van der Waals surface area contributed by atoms with Gasteiger partial charge in [-0.3, -0.25) is 4.79 Å². The first-order chi connectivity index (χ1) is 8.72. The maximum Gasteiger partial charge on any atom is 0.220 e. The van der Waals surface area contributed by atoms with E-state index in [1.807, 2.05) is 18.3 Å². The van der Waals surface area contributed by atoms with Gasteiger partial charge in [0, 0.05) is 25.6 Å². The fourth-order valence-corrected chi connectivity index (χ4v) is 2.93. The van der Waals surface area contributed by atoms with E-state index in [1.54, 1.807) is 0 Å². The molecule has 18 heavy (non-hydrogen) atoms. The molecule has 0 saturated carbocycles. The van der Waals surface area contributed by atoms with Crippen molar-refractivity contribution >= 4 is 17.4 Å².